The van der Waals surface area contributed by atoms with E-state index in [4.69, 9.17) is 0 Å². The van der Waals surface area contributed by atoms with Gasteiger partial charge in [-0.25, -0.2) is 8.42 Å². The summed E-state index contributed by atoms with van der Waals surface area (Å²) in [6, 6.07) is 5.36. The van der Waals surface area contributed by atoms with Gasteiger partial charge >= 0.3 is 0 Å². The summed E-state index contributed by atoms with van der Waals surface area (Å²) in [6.07, 6.45) is 0.962. The molecule has 0 aromatic heterocycles. The largest absolute Gasteiger partial charge is 0.384 e. The minimum atomic E-state index is -3.45. The zero-order valence-corrected chi connectivity index (χ0v) is 14.1. The van der Waals surface area contributed by atoms with E-state index in [1.807, 2.05) is 38.9 Å². The molecule has 21 heavy (non-hydrogen) atoms. The Bertz CT molecular complexity index is 599. The van der Waals surface area contributed by atoms with Gasteiger partial charge in [0.05, 0.1) is 4.90 Å². The van der Waals surface area contributed by atoms with Gasteiger partial charge in [-0.2, -0.15) is 4.31 Å². The third kappa shape index (κ3) is 3.39. The lowest BCUT2D eigenvalue weighted by Crippen LogP contribution is -2.43. The van der Waals surface area contributed by atoms with Crippen molar-refractivity contribution in [3.8, 4) is 0 Å². The summed E-state index contributed by atoms with van der Waals surface area (Å²) in [7, 11) is 0.458. The fourth-order valence-electron chi connectivity index (χ4n) is 2.90. The molecule has 0 aliphatic carbocycles. The molecule has 1 aliphatic heterocycles. The topological polar surface area (TPSA) is 52.7 Å². The lowest BCUT2D eigenvalue weighted by Gasteiger charge is -2.29. The molecule has 0 saturated carbocycles. The van der Waals surface area contributed by atoms with Gasteiger partial charge in [-0.05, 0) is 45.1 Å². The van der Waals surface area contributed by atoms with E-state index in [1.54, 1.807) is 16.4 Å². The maximum Gasteiger partial charge on any atom is 0.243 e. The van der Waals surface area contributed by atoms with Crippen LogP contribution in [0.4, 0.5) is 5.69 Å². The van der Waals surface area contributed by atoms with Gasteiger partial charge in [0.1, 0.15) is 0 Å². The van der Waals surface area contributed by atoms with Gasteiger partial charge in [0.15, 0.2) is 0 Å². The lowest BCUT2D eigenvalue weighted by molar-refractivity contribution is 0.271. The highest BCUT2D eigenvalue weighted by atomic mass is 32.2. The van der Waals surface area contributed by atoms with Gasteiger partial charge < -0.3 is 10.2 Å². The molecule has 1 aromatic rings. The van der Waals surface area contributed by atoms with Crippen LogP contribution in [0.1, 0.15) is 19.4 Å². The highest BCUT2D eigenvalue weighted by Crippen LogP contribution is 2.27. The average Bonchev–Trinajstić information content (AvgIpc) is 2.85. The Morgan fingerprint density at radius 1 is 1.33 bits per heavy atom. The van der Waals surface area contributed by atoms with Gasteiger partial charge in [-0.1, -0.05) is 13.0 Å². The Balaban J connectivity index is 2.31. The minimum absolute atomic E-state index is 0.0591. The van der Waals surface area contributed by atoms with Gasteiger partial charge in [-0.15, -0.1) is 0 Å². The molecular weight excluding hydrogens is 286 g/mol. The molecule has 0 spiro atoms. The molecule has 1 N–H and O–H groups in total. The summed E-state index contributed by atoms with van der Waals surface area (Å²) in [6.45, 7) is 5.90. The van der Waals surface area contributed by atoms with Crippen molar-refractivity contribution in [3.05, 3.63) is 23.8 Å². The van der Waals surface area contributed by atoms with Crippen molar-refractivity contribution < 1.29 is 8.42 Å². The van der Waals surface area contributed by atoms with E-state index in [0.29, 0.717) is 18.0 Å². The van der Waals surface area contributed by atoms with E-state index < -0.39 is 10.0 Å². The average molecular weight is 311 g/mol. The van der Waals surface area contributed by atoms with E-state index >= 15 is 0 Å². The van der Waals surface area contributed by atoms with Crippen molar-refractivity contribution in [1.29, 1.82) is 0 Å². The maximum absolute atomic E-state index is 12.9. The van der Waals surface area contributed by atoms with E-state index in [-0.39, 0.29) is 6.04 Å². The van der Waals surface area contributed by atoms with Crippen molar-refractivity contribution in [1.82, 2.24) is 9.21 Å². The van der Waals surface area contributed by atoms with Crippen LogP contribution in [0.5, 0.6) is 0 Å². The van der Waals surface area contributed by atoms with Crippen LogP contribution < -0.4 is 5.32 Å². The number of nitrogens with zero attached hydrogens (tertiary/aromatic N) is 2. The predicted molar refractivity (Wildman–Crippen MR) is 86.2 cm³/mol. The standard InChI is InChI=1S/C15H25N3O2S/c1-5-18(12(2)11-17(3)4)21(19,20)14-7-6-13-8-9-16-15(13)10-14/h6-7,10,12,16H,5,8-9,11H2,1-4H3. The second kappa shape index (κ2) is 6.34. The first kappa shape index (κ1) is 16.3. The molecule has 1 atom stereocenters. The van der Waals surface area contributed by atoms with Crippen molar-refractivity contribution in [2.45, 2.75) is 31.2 Å². The number of fused-ring (bicyclic) bond motifs is 1. The molecule has 0 bridgehead atoms. The third-order valence-corrected chi connectivity index (χ3v) is 5.92. The van der Waals surface area contributed by atoms with Crippen LogP contribution in [0.15, 0.2) is 23.1 Å². The summed E-state index contributed by atoms with van der Waals surface area (Å²) in [5, 5.41) is 3.24. The van der Waals surface area contributed by atoms with Gasteiger partial charge in [0.25, 0.3) is 0 Å². The van der Waals surface area contributed by atoms with Crippen molar-refractivity contribution in [2.75, 3.05) is 39.0 Å². The first-order valence-electron chi connectivity index (χ1n) is 7.39. The molecule has 1 aliphatic rings. The smallest absolute Gasteiger partial charge is 0.243 e. The quantitative estimate of drug-likeness (QED) is 0.867. The molecule has 6 heteroatoms. The van der Waals surface area contributed by atoms with E-state index in [0.717, 1.165) is 18.7 Å². The third-order valence-electron chi connectivity index (χ3n) is 3.83. The fourth-order valence-corrected chi connectivity index (χ4v) is 4.56. The summed E-state index contributed by atoms with van der Waals surface area (Å²) in [5.74, 6) is 0. The van der Waals surface area contributed by atoms with Gasteiger partial charge in [-0.3, -0.25) is 0 Å². The predicted octanol–water partition coefficient (Wildman–Crippen LogP) is 1.62. The zero-order chi connectivity index (χ0) is 15.6. The number of rotatable bonds is 6. The molecular formula is C15H25N3O2S. The fraction of sp³-hybridized carbons (Fsp3) is 0.600. The highest BCUT2D eigenvalue weighted by molar-refractivity contribution is 7.89. The van der Waals surface area contributed by atoms with Crippen LogP contribution in [0.25, 0.3) is 0 Å². The summed E-state index contributed by atoms with van der Waals surface area (Å²) < 4.78 is 27.3. The van der Waals surface area contributed by atoms with Crippen molar-refractivity contribution in [2.24, 2.45) is 0 Å². The Hall–Kier alpha value is -1.11. The van der Waals surface area contributed by atoms with Crippen LogP contribution in [0.2, 0.25) is 0 Å². The van der Waals surface area contributed by atoms with Gasteiger partial charge in [0.2, 0.25) is 10.0 Å². The van der Waals surface area contributed by atoms with Crippen LogP contribution in [0, 0.1) is 0 Å². The molecule has 5 nitrogen and oxygen atoms in total. The molecule has 1 heterocycles. The molecule has 0 fully saturated rings. The summed E-state index contributed by atoms with van der Waals surface area (Å²) in [4.78, 5) is 2.38. The van der Waals surface area contributed by atoms with Crippen LogP contribution in [-0.4, -0.2) is 57.4 Å². The number of hydrogen-bond acceptors (Lipinski definition) is 4. The lowest BCUT2D eigenvalue weighted by atomic mass is 10.2. The molecule has 0 amide bonds. The molecule has 1 unspecified atom stereocenters. The molecule has 0 saturated heterocycles. The van der Waals surface area contributed by atoms with E-state index in [1.165, 1.54) is 5.56 Å². The Morgan fingerprint density at radius 2 is 2.05 bits per heavy atom. The van der Waals surface area contributed by atoms with Crippen molar-refractivity contribution >= 4 is 15.7 Å². The second-order valence-corrected chi connectivity index (χ2v) is 7.71. The Kier molecular flexibility index (Phi) is 4.91. The zero-order valence-electron chi connectivity index (χ0n) is 13.3. The van der Waals surface area contributed by atoms with Crippen LogP contribution in [-0.2, 0) is 16.4 Å². The highest BCUT2D eigenvalue weighted by Gasteiger charge is 2.28. The molecule has 118 valence electrons. The number of hydrogen-bond donors (Lipinski definition) is 1. The van der Waals surface area contributed by atoms with Crippen molar-refractivity contribution in [3.63, 3.8) is 0 Å². The maximum atomic E-state index is 12.9. The Labute approximate surface area is 128 Å². The van der Waals surface area contributed by atoms with Crippen LogP contribution >= 0.6 is 0 Å². The SMILES string of the molecule is CCN(C(C)CN(C)C)S(=O)(=O)c1ccc2c(c1)NCC2. The molecule has 2 rings (SSSR count). The van der Waals surface area contributed by atoms with E-state index in [2.05, 4.69) is 5.32 Å². The van der Waals surface area contributed by atoms with Crippen LogP contribution in [0.3, 0.4) is 0 Å². The Morgan fingerprint density at radius 3 is 2.67 bits per heavy atom. The first-order chi connectivity index (χ1) is 9.86. The molecule has 0 radical (unpaired) electrons. The minimum Gasteiger partial charge on any atom is -0.384 e. The normalized spacial score (nSPS) is 16.1. The second-order valence-electron chi connectivity index (χ2n) is 5.82. The number of anilines is 1. The molecule has 1 aromatic carbocycles. The van der Waals surface area contributed by atoms with Gasteiger partial charge in [0, 0.05) is 31.4 Å². The van der Waals surface area contributed by atoms with E-state index in [9.17, 15) is 8.42 Å². The number of nitrogens with one attached hydrogen (secondary N) is 1. The first-order valence-corrected chi connectivity index (χ1v) is 8.83. The number of benzene rings is 1. The number of sulfonamides is 1. The summed E-state index contributed by atoms with van der Waals surface area (Å²) >= 11 is 0. The monoisotopic (exact) mass is 311 g/mol. The number of likely N-dealkylation sites (N-methyl/N-ethyl adjacent to an activating group) is 2. The summed E-state index contributed by atoms with van der Waals surface area (Å²) in [5.41, 5.74) is 2.14.